The van der Waals surface area contributed by atoms with Crippen molar-refractivity contribution in [2.45, 2.75) is 25.8 Å². The van der Waals surface area contributed by atoms with Crippen LogP contribution in [0.4, 0.5) is 0 Å². The van der Waals surface area contributed by atoms with Crippen molar-refractivity contribution >= 4 is 5.91 Å². The normalized spacial score (nSPS) is 19.2. The van der Waals surface area contributed by atoms with E-state index in [4.69, 9.17) is 4.84 Å². The summed E-state index contributed by atoms with van der Waals surface area (Å²) in [5.41, 5.74) is 0. The number of hydrogen-bond donors (Lipinski definition) is 1. The third kappa shape index (κ3) is 2.19. The lowest BCUT2D eigenvalue weighted by Gasteiger charge is -2.31. The summed E-state index contributed by atoms with van der Waals surface area (Å²) in [6.45, 7) is 3.47. The lowest BCUT2D eigenvalue weighted by atomic mass is 10.1. The lowest BCUT2D eigenvalue weighted by Crippen LogP contribution is -2.44. The van der Waals surface area contributed by atoms with Gasteiger partial charge >= 0.3 is 0 Å². The van der Waals surface area contributed by atoms with E-state index in [9.17, 15) is 4.79 Å². The lowest BCUT2D eigenvalue weighted by molar-refractivity contribution is -0.188. The maximum Gasteiger partial charge on any atom is 0.243 e. The second-order valence-electron chi connectivity index (χ2n) is 3.01. The van der Waals surface area contributed by atoms with Gasteiger partial charge in [0.2, 0.25) is 5.91 Å². The Morgan fingerprint density at radius 3 is 2.50 bits per heavy atom. The Hall–Kier alpha value is -0.610. The van der Waals surface area contributed by atoms with E-state index < -0.39 is 0 Å². The SMILES string of the molecule is CON(C(C)=O)C1CCNCC1. The van der Waals surface area contributed by atoms with Gasteiger partial charge in [0, 0.05) is 6.92 Å². The molecule has 12 heavy (non-hydrogen) atoms. The van der Waals surface area contributed by atoms with Crippen LogP contribution in [0.15, 0.2) is 0 Å². The molecule has 1 heterocycles. The van der Waals surface area contributed by atoms with Gasteiger partial charge in [-0.25, -0.2) is 5.06 Å². The first-order chi connectivity index (χ1) is 5.75. The number of piperidine rings is 1. The number of amides is 1. The molecule has 0 atom stereocenters. The molecule has 0 bridgehead atoms. The standard InChI is InChI=1S/C8H16N2O2/c1-7(11)10(12-2)8-3-5-9-6-4-8/h8-9H,3-6H2,1-2H3. The van der Waals surface area contributed by atoms with E-state index in [2.05, 4.69) is 5.32 Å². The molecular weight excluding hydrogens is 156 g/mol. The number of carbonyl (C=O) groups excluding carboxylic acids is 1. The second-order valence-corrected chi connectivity index (χ2v) is 3.01. The molecule has 4 nitrogen and oxygen atoms in total. The number of nitrogens with zero attached hydrogens (tertiary/aromatic N) is 1. The van der Waals surface area contributed by atoms with Crippen molar-refractivity contribution in [2.24, 2.45) is 0 Å². The highest BCUT2D eigenvalue weighted by molar-refractivity contribution is 5.72. The summed E-state index contributed by atoms with van der Waals surface area (Å²) in [4.78, 5) is 16.1. The van der Waals surface area contributed by atoms with E-state index in [1.54, 1.807) is 7.11 Å². The quantitative estimate of drug-likeness (QED) is 0.603. The molecule has 0 radical (unpaired) electrons. The molecule has 0 aromatic rings. The molecule has 70 valence electrons. The summed E-state index contributed by atoms with van der Waals surface area (Å²) in [6.07, 6.45) is 1.96. The van der Waals surface area contributed by atoms with Crippen LogP contribution in [0, 0.1) is 0 Å². The van der Waals surface area contributed by atoms with Crippen LogP contribution in [0.2, 0.25) is 0 Å². The Morgan fingerprint density at radius 2 is 2.08 bits per heavy atom. The van der Waals surface area contributed by atoms with Gasteiger partial charge in [-0.3, -0.25) is 9.63 Å². The molecule has 1 aliphatic heterocycles. The van der Waals surface area contributed by atoms with Gasteiger partial charge in [0.05, 0.1) is 13.2 Å². The van der Waals surface area contributed by atoms with Gasteiger partial charge in [0.25, 0.3) is 0 Å². The van der Waals surface area contributed by atoms with E-state index >= 15 is 0 Å². The minimum absolute atomic E-state index is 0.00981. The molecule has 0 spiro atoms. The first kappa shape index (κ1) is 9.48. The summed E-state index contributed by atoms with van der Waals surface area (Å²) in [7, 11) is 1.55. The number of hydroxylamine groups is 2. The molecule has 1 amide bonds. The zero-order valence-corrected chi connectivity index (χ0v) is 7.67. The maximum atomic E-state index is 11.1. The number of carbonyl (C=O) groups is 1. The van der Waals surface area contributed by atoms with Crippen molar-refractivity contribution in [1.29, 1.82) is 0 Å². The third-order valence-corrected chi connectivity index (χ3v) is 2.15. The third-order valence-electron chi connectivity index (χ3n) is 2.15. The molecule has 0 aromatic carbocycles. The Kier molecular flexibility index (Phi) is 3.49. The highest BCUT2D eigenvalue weighted by Crippen LogP contribution is 2.11. The summed E-state index contributed by atoms with van der Waals surface area (Å²) < 4.78 is 0. The molecular formula is C8H16N2O2. The summed E-state index contributed by atoms with van der Waals surface area (Å²) in [5, 5.41) is 4.71. The highest BCUT2D eigenvalue weighted by Gasteiger charge is 2.22. The van der Waals surface area contributed by atoms with Gasteiger partial charge in [-0.1, -0.05) is 0 Å². The zero-order valence-electron chi connectivity index (χ0n) is 7.67. The van der Waals surface area contributed by atoms with Crippen molar-refractivity contribution in [1.82, 2.24) is 10.4 Å². The van der Waals surface area contributed by atoms with Crippen LogP contribution in [0.1, 0.15) is 19.8 Å². The van der Waals surface area contributed by atoms with E-state index in [1.165, 1.54) is 12.0 Å². The minimum Gasteiger partial charge on any atom is -0.317 e. The zero-order chi connectivity index (χ0) is 8.97. The molecule has 0 aliphatic carbocycles. The van der Waals surface area contributed by atoms with Crippen molar-refractivity contribution in [3.63, 3.8) is 0 Å². The van der Waals surface area contributed by atoms with E-state index in [1.807, 2.05) is 0 Å². The number of hydrogen-bond acceptors (Lipinski definition) is 3. The predicted octanol–water partition coefficient (Wildman–Crippen LogP) is 0.148. The average molecular weight is 172 g/mol. The molecule has 1 saturated heterocycles. The molecule has 1 fully saturated rings. The monoisotopic (exact) mass is 172 g/mol. The summed E-state index contributed by atoms with van der Waals surface area (Å²) in [6, 6.07) is 0.258. The van der Waals surface area contributed by atoms with Gasteiger partial charge in [0.15, 0.2) is 0 Å². The predicted molar refractivity (Wildman–Crippen MR) is 45.4 cm³/mol. The van der Waals surface area contributed by atoms with Crippen LogP contribution in [-0.4, -0.2) is 37.2 Å². The van der Waals surface area contributed by atoms with E-state index in [0.717, 1.165) is 25.9 Å². The molecule has 1 aliphatic rings. The van der Waals surface area contributed by atoms with Crippen molar-refractivity contribution in [2.75, 3.05) is 20.2 Å². The first-order valence-corrected chi connectivity index (χ1v) is 4.30. The fourth-order valence-electron chi connectivity index (χ4n) is 1.58. The average Bonchev–Trinajstić information content (AvgIpc) is 2.07. The van der Waals surface area contributed by atoms with Gasteiger partial charge in [0.1, 0.15) is 0 Å². The molecule has 0 unspecified atom stereocenters. The maximum absolute atomic E-state index is 11.1. The minimum atomic E-state index is -0.00981. The van der Waals surface area contributed by atoms with Crippen LogP contribution in [0.5, 0.6) is 0 Å². The highest BCUT2D eigenvalue weighted by atomic mass is 16.7. The van der Waals surface area contributed by atoms with Gasteiger partial charge in [-0.15, -0.1) is 0 Å². The topological polar surface area (TPSA) is 41.6 Å². The Morgan fingerprint density at radius 1 is 1.50 bits per heavy atom. The smallest absolute Gasteiger partial charge is 0.243 e. The molecule has 0 aromatic heterocycles. The van der Waals surface area contributed by atoms with Crippen LogP contribution in [0.3, 0.4) is 0 Å². The fourth-order valence-corrected chi connectivity index (χ4v) is 1.58. The van der Waals surface area contributed by atoms with E-state index in [-0.39, 0.29) is 11.9 Å². The second kappa shape index (κ2) is 4.42. The van der Waals surface area contributed by atoms with Gasteiger partial charge in [-0.2, -0.15) is 0 Å². The Balaban J connectivity index is 2.46. The van der Waals surface area contributed by atoms with Gasteiger partial charge < -0.3 is 5.32 Å². The molecule has 4 heteroatoms. The Bertz CT molecular complexity index is 155. The Labute approximate surface area is 72.8 Å². The summed E-state index contributed by atoms with van der Waals surface area (Å²) in [5.74, 6) is -0.00981. The fraction of sp³-hybridized carbons (Fsp3) is 0.875. The first-order valence-electron chi connectivity index (χ1n) is 4.30. The number of nitrogens with one attached hydrogen (secondary N) is 1. The van der Waals surface area contributed by atoms with Crippen LogP contribution in [-0.2, 0) is 9.63 Å². The largest absolute Gasteiger partial charge is 0.317 e. The summed E-state index contributed by atoms with van der Waals surface area (Å²) >= 11 is 0. The molecule has 1 rings (SSSR count). The van der Waals surface area contributed by atoms with E-state index in [0.29, 0.717) is 0 Å². The number of rotatable bonds is 2. The van der Waals surface area contributed by atoms with Crippen molar-refractivity contribution < 1.29 is 9.63 Å². The van der Waals surface area contributed by atoms with Crippen LogP contribution >= 0.6 is 0 Å². The molecule has 1 N–H and O–H groups in total. The van der Waals surface area contributed by atoms with Crippen molar-refractivity contribution in [3.8, 4) is 0 Å². The van der Waals surface area contributed by atoms with Crippen LogP contribution in [0.25, 0.3) is 0 Å². The van der Waals surface area contributed by atoms with Crippen LogP contribution < -0.4 is 5.32 Å². The van der Waals surface area contributed by atoms with Gasteiger partial charge in [-0.05, 0) is 25.9 Å². The van der Waals surface area contributed by atoms with Crippen molar-refractivity contribution in [3.05, 3.63) is 0 Å². The molecule has 0 saturated carbocycles.